The van der Waals surface area contributed by atoms with E-state index in [-0.39, 0.29) is 11.6 Å². The fraction of sp³-hybridized carbons (Fsp3) is 0.375. The van der Waals surface area contributed by atoms with E-state index in [1.807, 2.05) is 18.2 Å². The van der Waals surface area contributed by atoms with E-state index in [1.54, 1.807) is 13.2 Å². The van der Waals surface area contributed by atoms with Crippen molar-refractivity contribution in [2.24, 2.45) is 0 Å². The second-order valence-corrected chi connectivity index (χ2v) is 4.81. The van der Waals surface area contributed by atoms with Gasteiger partial charge >= 0.3 is 0 Å². The van der Waals surface area contributed by atoms with Crippen LogP contribution in [0.5, 0.6) is 5.88 Å². The fourth-order valence-electron chi connectivity index (χ4n) is 2.13. The topological polar surface area (TPSA) is 56.1 Å². The Morgan fingerprint density at radius 3 is 2.67 bits per heavy atom. The monoisotopic (exact) mass is 287 g/mol. The molecule has 112 valence electrons. The summed E-state index contributed by atoms with van der Waals surface area (Å²) in [7, 11) is 1.54. The van der Waals surface area contributed by atoms with Gasteiger partial charge in [0.2, 0.25) is 5.88 Å². The molecule has 0 aliphatic rings. The summed E-state index contributed by atoms with van der Waals surface area (Å²) in [5.41, 5.74) is 1.01. The second-order valence-electron chi connectivity index (χ2n) is 4.81. The number of rotatable bonds is 7. The molecule has 0 amide bonds. The van der Waals surface area contributed by atoms with Gasteiger partial charge in [-0.2, -0.15) is 0 Å². The molecule has 2 rings (SSSR count). The Morgan fingerprint density at radius 2 is 2.00 bits per heavy atom. The summed E-state index contributed by atoms with van der Waals surface area (Å²) in [6.45, 7) is 3.48. The van der Waals surface area contributed by atoms with E-state index in [2.05, 4.69) is 29.5 Å². The standard InChI is InChI=1S/C16H21N3O2/c1-3-11-17-14(13-7-5-4-6-8-13)12-19-16(20)10-9-15(18-19)21-2/h4-10,14,17H,3,11-12H2,1-2H3. The average Bonchev–Trinajstić information content (AvgIpc) is 2.54. The van der Waals surface area contributed by atoms with Gasteiger partial charge in [-0.05, 0) is 18.5 Å². The summed E-state index contributed by atoms with van der Waals surface area (Å²) < 4.78 is 6.53. The molecule has 2 aromatic rings. The number of methoxy groups -OCH3 is 1. The van der Waals surface area contributed by atoms with Crippen molar-refractivity contribution >= 4 is 0 Å². The number of hydrogen-bond donors (Lipinski definition) is 1. The molecule has 5 nitrogen and oxygen atoms in total. The van der Waals surface area contributed by atoms with E-state index in [0.717, 1.165) is 18.5 Å². The fourth-order valence-corrected chi connectivity index (χ4v) is 2.13. The third kappa shape index (κ3) is 4.16. The van der Waals surface area contributed by atoms with Gasteiger partial charge in [0.1, 0.15) is 0 Å². The quantitative estimate of drug-likeness (QED) is 0.846. The van der Waals surface area contributed by atoms with Crippen LogP contribution in [-0.2, 0) is 6.54 Å². The molecule has 1 heterocycles. The van der Waals surface area contributed by atoms with Crippen molar-refractivity contribution in [1.82, 2.24) is 15.1 Å². The first-order valence-electron chi connectivity index (χ1n) is 7.15. The minimum Gasteiger partial charge on any atom is -0.480 e. The number of nitrogens with zero attached hydrogens (tertiary/aromatic N) is 2. The van der Waals surface area contributed by atoms with Crippen molar-refractivity contribution in [3.8, 4) is 5.88 Å². The van der Waals surface area contributed by atoms with Crippen molar-refractivity contribution in [3.63, 3.8) is 0 Å². The molecule has 0 saturated heterocycles. The van der Waals surface area contributed by atoms with E-state index in [1.165, 1.54) is 10.7 Å². The van der Waals surface area contributed by atoms with E-state index < -0.39 is 0 Å². The lowest BCUT2D eigenvalue weighted by Gasteiger charge is -2.19. The highest BCUT2D eigenvalue weighted by atomic mass is 16.5. The lowest BCUT2D eigenvalue weighted by Crippen LogP contribution is -2.32. The molecule has 0 bridgehead atoms. The van der Waals surface area contributed by atoms with Gasteiger partial charge in [0.25, 0.3) is 5.56 Å². The Morgan fingerprint density at radius 1 is 1.24 bits per heavy atom. The molecular weight excluding hydrogens is 266 g/mol. The highest BCUT2D eigenvalue weighted by molar-refractivity contribution is 5.19. The van der Waals surface area contributed by atoms with Crippen molar-refractivity contribution in [1.29, 1.82) is 0 Å². The van der Waals surface area contributed by atoms with Crippen LogP contribution in [0.4, 0.5) is 0 Å². The highest BCUT2D eigenvalue weighted by Gasteiger charge is 2.13. The molecule has 5 heteroatoms. The number of nitrogens with one attached hydrogen (secondary N) is 1. The molecule has 1 unspecified atom stereocenters. The van der Waals surface area contributed by atoms with E-state index >= 15 is 0 Å². The zero-order valence-corrected chi connectivity index (χ0v) is 12.5. The molecule has 1 atom stereocenters. The minimum absolute atomic E-state index is 0.0449. The Labute approximate surface area is 124 Å². The van der Waals surface area contributed by atoms with Crippen molar-refractivity contribution < 1.29 is 4.74 Å². The van der Waals surface area contributed by atoms with E-state index in [0.29, 0.717) is 12.4 Å². The summed E-state index contributed by atoms with van der Waals surface area (Å²) in [5.74, 6) is 0.442. The van der Waals surface area contributed by atoms with Crippen LogP contribution in [0.1, 0.15) is 24.9 Å². The van der Waals surface area contributed by atoms with Gasteiger partial charge in [0.05, 0.1) is 19.7 Å². The third-order valence-electron chi connectivity index (χ3n) is 3.25. The molecule has 1 aromatic heterocycles. The summed E-state index contributed by atoms with van der Waals surface area (Å²) in [6, 6.07) is 13.2. The summed E-state index contributed by atoms with van der Waals surface area (Å²) >= 11 is 0. The van der Waals surface area contributed by atoms with Crippen LogP contribution in [0.15, 0.2) is 47.3 Å². The smallest absolute Gasteiger partial charge is 0.267 e. The Kier molecular flexibility index (Phi) is 5.51. The van der Waals surface area contributed by atoms with Gasteiger partial charge < -0.3 is 10.1 Å². The van der Waals surface area contributed by atoms with E-state index in [9.17, 15) is 4.79 Å². The normalized spacial score (nSPS) is 12.1. The number of hydrogen-bond acceptors (Lipinski definition) is 4. The van der Waals surface area contributed by atoms with Gasteiger partial charge in [-0.15, -0.1) is 5.10 Å². The average molecular weight is 287 g/mol. The first-order valence-corrected chi connectivity index (χ1v) is 7.15. The highest BCUT2D eigenvalue weighted by Crippen LogP contribution is 2.14. The predicted molar refractivity (Wildman–Crippen MR) is 82.5 cm³/mol. The van der Waals surface area contributed by atoms with Crippen LogP contribution < -0.4 is 15.6 Å². The molecule has 0 spiro atoms. The third-order valence-corrected chi connectivity index (χ3v) is 3.25. The van der Waals surface area contributed by atoms with Crippen molar-refractivity contribution in [3.05, 3.63) is 58.4 Å². The lowest BCUT2D eigenvalue weighted by atomic mass is 10.1. The number of benzene rings is 1. The lowest BCUT2D eigenvalue weighted by molar-refractivity contribution is 0.360. The molecule has 0 aliphatic carbocycles. The maximum absolute atomic E-state index is 11.9. The van der Waals surface area contributed by atoms with Gasteiger partial charge in [0, 0.05) is 12.1 Å². The first-order chi connectivity index (χ1) is 10.2. The van der Waals surface area contributed by atoms with Crippen LogP contribution in [0.2, 0.25) is 0 Å². The summed E-state index contributed by atoms with van der Waals surface area (Å²) in [6.07, 6.45) is 1.03. The maximum Gasteiger partial charge on any atom is 0.267 e. The van der Waals surface area contributed by atoms with Crippen LogP contribution in [0.25, 0.3) is 0 Å². The Hall–Kier alpha value is -2.14. The van der Waals surface area contributed by atoms with Gasteiger partial charge in [-0.3, -0.25) is 4.79 Å². The Bertz CT molecular complexity index is 610. The maximum atomic E-state index is 11.9. The number of aromatic nitrogens is 2. The van der Waals surface area contributed by atoms with Gasteiger partial charge in [-0.25, -0.2) is 4.68 Å². The summed E-state index contributed by atoms with van der Waals surface area (Å²) in [4.78, 5) is 11.9. The molecule has 1 aromatic carbocycles. The largest absolute Gasteiger partial charge is 0.480 e. The molecule has 1 N–H and O–H groups in total. The zero-order valence-electron chi connectivity index (χ0n) is 12.5. The molecule has 0 radical (unpaired) electrons. The molecule has 0 saturated carbocycles. The predicted octanol–water partition coefficient (Wildman–Crippen LogP) is 1.99. The van der Waals surface area contributed by atoms with Crippen molar-refractivity contribution in [2.75, 3.05) is 13.7 Å². The Balaban J connectivity index is 2.24. The number of ether oxygens (including phenoxy) is 1. The van der Waals surface area contributed by atoms with Crippen LogP contribution in [0.3, 0.4) is 0 Å². The van der Waals surface area contributed by atoms with Gasteiger partial charge in [-0.1, -0.05) is 37.3 Å². The molecule has 0 fully saturated rings. The zero-order chi connectivity index (χ0) is 15.1. The van der Waals surface area contributed by atoms with Crippen LogP contribution in [0, 0.1) is 0 Å². The minimum atomic E-state index is -0.130. The molecular formula is C16H21N3O2. The van der Waals surface area contributed by atoms with Crippen LogP contribution in [-0.4, -0.2) is 23.4 Å². The van der Waals surface area contributed by atoms with Crippen molar-refractivity contribution in [2.45, 2.75) is 25.9 Å². The van der Waals surface area contributed by atoms with E-state index in [4.69, 9.17) is 4.74 Å². The summed E-state index contributed by atoms with van der Waals surface area (Å²) in [5, 5.41) is 7.66. The van der Waals surface area contributed by atoms with Gasteiger partial charge in [0.15, 0.2) is 0 Å². The first kappa shape index (κ1) is 15.3. The SMILES string of the molecule is CCCNC(Cn1nc(OC)ccc1=O)c1ccccc1. The van der Waals surface area contributed by atoms with Crippen LogP contribution >= 0.6 is 0 Å². The molecule has 0 aliphatic heterocycles. The second kappa shape index (κ2) is 7.59. The molecule has 21 heavy (non-hydrogen) atoms.